The summed E-state index contributed by atoms with van der Waals surface area (Å²) in [6, 6.07) is 5.44. The topological polar surface area (TPSA) is 55.5 Å². The van der Waals surface area contributed by atoms with Crippen LogP contribution in [0, 0.1) is 5.82 Å². The Kier molecular flexibility index (Phi) is 5.91. The minimum absolute atomic E-state index is 0.211. The SMILES string of the molecule is CCNC(=NCC1CCCN1C)NCCc1c[nH]c2cc(F)ccc12. The van der Waals surface area contributed by atoms with Crippen molar-refractivity contribution in [1.29, 1.82) is 0 Å². The van der Waals surface area contributed by atoms with Gasteiger partial charge in [0.1, 0.15) is 5.82 Å². The Hall–Kier alpha value is -2.08. The van der Waals surface area contributed by atoms with Crippen LogP contribution in [0.5, 0.6) is 0 Å². The van der Waals surface area contributed by atoms with Crippen molar-refractivity contribution >= 4 is 16.9 Å². The summed E-state index contributed by atoms with van der Waals surface area (Å²) in [7, 11) is 2.17. The third kappa shape index (κ3) is 4.51. The molecule has 2 heterocycles. The molecule has 5 nitrogen and oxygen atoms in total. The number of guanidine groups is 1. The summed E-state index contributed by atoms with van der Waals surface area (Å²) in [5, 5.41) is 7.80. The number of aromatic amines is 1. The van der Waals surface area contributed by atoms with Gasteiger partial charge in [0.25, 0.3) is 0 Å². The van der Waals surface area contributed by atoms with Crippen LogP contribution in [0.25, 0.3) is 10.9 Å². The first-order valence-electron chi connectivity index (χ1n) is 9.15. The Labute approximate surface area is 148 Å². The van der Waals surface area contributed by atoms with Crippen LogP contribution in [-0.4, -0.2) is 55.1 Å². The number of nitrogens with zero attached hydrogens (tertiary/aromatic N) is 2. The summed E-state index contributed by atoms with van der Waals surface area (Å²) in [5.41, 5.74) is 2.04. The van der Waals surface area contributed by atoms with Crippen LogP contribution >= 0.6 is 0 Å². The van der Waals surface area contributed by atoms with E-state index < -0.39 is 0 Å². The fraction of sp³-hybridized carbons (Fsp3) is 0.526. The number of halogens is 1. The van der Waals surface area contributed by atoms with Gasteiger partial charge in [-0.15, -0.1) is 0 Å². The van der Waals surface area contributed by atoms with Gasteiger partial charge in [0.15, 0.2) is 5.96 Å². The monoisotopic (exact) mass is 345 g/mol. The normalized spacial score (nSPS) is 18.8. The first kappa shape index (κ1) is 17.7. The Morgan fingerprint density at radius 3 is 3.04 bits per heavy atom. The Morgan fingerprint density at radius 1 is 1.40 bits per heavy atom. The molecule has 0 aliphatic carbocycles. The maximum absolute atomic E-state index is 13.3. The van der Waals surface area contributed by atoms with Gasteiger partial charge in [0.2, 0.25) is 0 Å². The van der Waals surface area contributed by atoms with E-state index in [9.17, 15) is 4.39 Å². The molecule has 2 aromatic rings. The minimum atomic E-state index is -0.211. The van der Waals surface area contributed by atoms with Gasteiger partial charge >= 0.3 is 0 Å². The molecule has 136 valence electrons. The van der Waals surface area contributed by atoms with Crippen LogP contribution in [0.1, 0.15) is 25.3 Å². The van der Waals surface area contributed by atoms with Crippen molar-refractivity contribution in [3.05, 3.63) is 35.8 Å². The molecule has 1 aromatic heterocycles. The Bertz CT molecular complexity index is 724. The minimum Gasteiger partial charge on any atom is -0.361 e. The largest absolute Gasteiger partial charge is 0.361 e. The number of fused-ring (bicyclic) bond motifs is 1. The van der Waals surface area contributed by atoms with E-state index in [1.807, 2.05) is 12.3 Å². The lowest BCUT2D eigenvalue weighted by molar-refractivity contribution is 0.317. The molecule has 0 spiro atoms. The second kappa shape index (κ2) is 8.34. The van der Waals surface area contributed by atoms with Gasteiger partial charge in [-0.3, -0.25) is 4.99 Å². The molecule has 0 bridgehead atoms. The maximum Gasteiger partial charge on any atom is 0.191 e. The summed E-state index contributed by atoms with van der Waals surface area (Å²) < 4.78 is 13.3. The highest BCUT2D eigenvalue weighted by molar-refractivity contribution is 5.83. The standard InChI is InChI=1S/C19H28FN5/c1-3-21-19(24-13-16-5-4-10-25(16)2)22-9-8-14-12-23-18-11-15(20)6-7-17(14)18/h6-7,11-12,16,23H,3-5,8-10,13H2,1-2H3,(H2,21,22,24). The summed E-state index contributed by atoms with van der Waals surface area (Å²) >= 11 is 0. The molecule has 1 aromatic carbocycles. The van der Waals surface area contributed by atoms with Crippen LogP contribution in [0.2, 0.25) is 0 Å². The van der Waals surface area contributed by atoms with Gasteiger partial charge in [-0.1, -0.05) is 0 Å². The average molecular weight is 345 g/mol. The molecule has 1 saturated heterocycles. The molecule has 3 rings (SSSR count). The lowest BCUT2D eigenvalue weighted by atomic mass is 10.1. The highest BCUT2D eigenvalue weighted by Gasteiger charge is 2.20. The molecule has 25 heavy (non-hydrogen) atoms. The number of likely N-dealkylation sites (tertiary alicyclic amines) is 1. The first-order valence-corrected chi connectivity index (χ1v) is 9.15. The number of aromatic nitrogens is 1. The van der Waals surface area contributed by atoms with E-state index in [4.69, 9.17) is 4.99 Å². The number of nitrogens with one attached hydrogen (secondary N) is 3. The van der Waals surface area contributed by atoms with E-state index in [2.05, 4.69) is 34.5 Å². The van der Waals surface area contributed by atoms with E-state index in [1.54, 1.807) is 0 Å². The zero-order valence-corrected chi connectivity index (χ0v) is 15.1. The van der Waals surface area contributed by atoms with Crippen LogP contribution in [0.3, 0.4) is 0 Å². The van der Waals surface area contributed by atoms with E-state index in [-0.39, 0.29) is 5.82 Å². The predicted octanol–water partition coefficient (Wildman–Crippen LogP) is 2.50. The van der Waals surface area contributed by atoms with Crippen molar-refractivity contribution in [1.82, 2.24) is 20.5 Å². The number of rotatable bonds is 6. The molecule has 1 fully saturated rings. The smallest absolute Gasteiger partial charge is 0.191 e. The quantitative estimate of drug-likeness (QED) is 0.557. The lowest BCUT2D eigenvalue weighted by Crippen LogP contribution is -2.39. The lowest BCUT2D eigenvalue weighted by Gasteiger charge is -2.18. The van der Waals surface area contributed by atoms with E-state index in [1.165, 1.54) is 37.1 Å². The summed E-state index contributed by atoms with van der Waals surface area (Å²) in [6.07, 6.45) is 5.32. The van der Waals surface area contributed by atoms with Gasteiger partial charge in [0.05, 0.1) is 6.54 Å². The molecule has 1 unspecified atom stereocenters. The van der Waals surface area contributed by atoms with Crippen molar-refractivity contribution in [2.45, 2.75) is 32.2 Å². The van der Waals surface area contributed by atoms with Crippen LogP contribution in [-0.2, 0) is 6.42 Å². The van der Waals surface area contributed by atoms with E-state index in [0.717, 1.165) is 42.9 Å². The number of hydrogen-bond donors (Lipinski definition) is 3. The number of aliphatic imine (C=N–C) groups is 1. The molecule has 0 saturated carbocycles. The van der Waals surface area contributed by atoms with Crippen molar-refractivity contribution in [3.8, 4) is 0 Å². The van der Waals surface area contributed by atoms with Gasteiger partial charge < -0.3 is 20.5 Å². The van der Waals surface area contributed by atoms with Crippen molar-refractivity contribution in [2.75, 3.05) is 33.2 Å². The van der Waals surface area contributed by atoms with Crippen LogP contribution in [0.15, 0.2) is 29.4 Å². The highest BCUT2D eigenvalue weighted by atomic mass is 19.1. The second-order valence-corrected chi connectivity index (χ2v) is 6.68. The van der Waals surface area contributed by atoms with E-state index >= 15 is 0 Å². The van der Waals surface area contributed by atoms with Crippen LogP contribution < -0.4 is 10.6 Å². The third-order valence-electron chi connectivity index (χ3n) is 4.89. The molecular formula is C19H28FN5. The van der Waals surface area contributed by atoms with Crippen molar-refractivity contribution < 1.29 is 4.39 Å². The zero-order valence-electron chi connectivity index (χ0n) is 15.1. The number of hydrogen-bond acceptors (Lipinski definition) is 2. The molecule has 1 atom stereocenters. The molecule has 3 N–H and O–H groups in total. The first-order chi connectivity index (χ1) is 12.2. The number of H-pyrrole nitrogens is 1. The molecule has 6 heteroatoms. The van der Waals surface area contributed by atoms with Crippen LogP contribution in [0.4, 0.5) is 4.39 Å². The Morgan fingerprint density at radius 2 is 2.28 bits per heavy atom. The number of likely N-dealkylation sites (N-methyl/N-ethyl adjacent to an activating group) is 1. The zero-order chi connectivity index (χ0) is 17.6. The van der Waals surface area contributed by atoms with Crippen molar-refractivity contribution in [3.63, 3.8) is 0 Å². The summed E-state index contributed by atoms with van der Waals surface area (Å²) in [6.45, 7) is 5.71. The molecular weight excluding hydrogens is 317 g/mol. The predicted molar refractivity (Wildman–Crippen MR) is 102 cm³/mol. The van der Waals surface area contributed by atoms with Gasteiger partial charge in [-0.05, 0) is 63.5 Å². The fourth-order valence-electron chi connectivity index (χ4n) is 3.43. The number of benzene rings is 1. The van der Waals surface area contributed by atoms with Crippen molar-refractivity contribution in [2.24, 2.45) is 4.99 Å². The molecule has 1 aliphatic rings. The average Bonchev–Trinajstić information content (AvgIpc) is 3.18. The summed E-state index contributed by atoms with van der Waals surface area (Å²) in [4.78, 5) is 10.3. The Balaban J connectivity index is 1.55. The molecule has 0 amide bonds. The highest BCUT2D eigenvalue weighted by Crippen LogP contribution is 2.19. The maximum atomic E-state index is 13.3. The van der Waals surface area contributed by atoms with Gasteiger partial charge in [0, 0.05) is 36.2 Å². The molecule has 0 radical (unpaired) electrons. The second-order valence-electron chi connectivity index (χ2n) is 6.68. The third-order valence-corrected chi connectivity index (χ3v) is 4.89. The van der Waals surface area contributed by atoms with E-state index in [0.29, 0.717) is 6.04 Å². The summed E-state index contributed by atoms with van der Waals surface area (Å²) in [5.74, 6) is 0.658. The van der Waals surface area contributed by atoms with Gasteiger partial charge in [-0.2, -0.15) is 0 Å². The van der Waals surface area contributed by atoms with Gasteiger partial charge in [-0.25, -0.2) is 4.39 Å². The molecule has 1 aliphatic heterocycles. The fourth-order valence-corrected chi connectivity index (χ4v) is 3.43.